The second-order valence-electron chi connectivity index (χ2n) is 3.71. The summed E-state index contributed by atoms with van der Waals surface area (Å²) in [6.45, 7) is 2.40. The highest BCUT2D eigenvalue weighted by molar-refractivity contribution is 9.10. The maximum absolute atomic E-state index is 11.6. The van der Waals surface area contributed by atoms with Crippen LogP contribution in [-0.2, 0) is 4.79 Å². The number of carbonyl (C=O) groups is 2. The van der Waals surface area contributed by atoms with Gasteiger partial charge in [-0.1, -0.05) is 6.07 Å². The van der Waals surface area contributed by atoms with E-state index in [9.17, 15) is 9.59 Å². The van der Waals surface area contributed by atoms with Crippen LogP contribution in [-0.4, -0.2) is 18.5 Å². The molecule has 0 radical (unpaired) electrons. The van der Waals surface area contributed by atoms with Crippen molar-refractivity contribution in [1.29, 1.82) is 0 Å². The molecule has 0 aromatic heterocycles. The average Bonchev–Trinajstić information content (AvgIpc) is 2.19. The molecule has 84 valence electrons. The van der Waals surface area contributed by atoms with E-state index in [1.807, 2.05) is 25.1 Å². The van der Waals surface area contributed by atoms with E-state index in [0.29, 0.717) is 13.0 Å². The van der Waals surface area contributed by atoms with Crippen molar-refractivity contribution in [3.8, 4) is 0 Å². The van der Waals surface area contributed by atoms with Crippen LogP contribution in [0.25, 0.3) is 0 Å². The summed E-state index contributed by atoms with van der Waals surface area (Å²) >= 11 is 3.42. The van der Waals surface area contributed by atoms with E-state index >= 15 is 0 Å². The molecule has 0 aliphatic carbocycles. The van der Waals surface area contributed by atoms with Crippen molar-refractivity contribution in [3.63, 3.8) is 0 Å². The molecule has 1 N–H and O–H groups in total. The highest BCUT2D eigenvalue weighted by atomic mass is 79.9. The Hall–Kier alpha value is -1.36. The number of benzene rings is 1. The Morgan fingerprint density at radius 2 is 2.12 bits per heavy atom. The van der Waals surface area contributed by atoms with Crippen molar-refractivity contribution in [3.05, 3.63) is 28.2 Å². The molecular weight excluding hydrogens is 272 g/mol. The van der Waals surface area contributed by atoms with Crippen LogP contribution in [0.2, 0.25) is 0 Å². The topological polar surface area (TPSA) is 49.4 Å². The molecule has 1 saturated heterocycles. The molecule has 3 amide bonds. The van der Waals surface area contributed by atoms with Gasteiger partial charge in [0.25, 0.3) is 0 Å². The van der Waals surface area contributed by atoms with Crippen molar-refractivity contribution in [2.24, 2.45) is 0 Å². The van der Waals surface area contributed by atoms with Gasteiger partial charge in [-0.25, -0.2) is 4.79 Å². The molecule has 1 fully saturated rings. The Kier molecular flexibility index (Phi) is 2.96. The number of hydrogen-bond acceptors (Lipinski definition) is 2. The first kappa shape index (κ1) is 11.1. The van der Waals surface area contributed by atoms with E-state index in [4.69, 9.17) is 0 Å². The molecule has 0 spiro atoms. The Balaban J connectivity index is 2.30. The maximum atomic E-state index is 11.6. The molecule has 4 nitrogen and oxygen atoms in total. The second kappa shape index (κ2) is 4.25. The summed E-state index contributed by atoms with van der Waals surface area (Å²) in [6, 6.07) is 5.39. The fourth-order valence-corrected chi connectivity index (χ4v) is 2.33. The Morgan fingerprint density at radius 1 is 1.38 bits per heavy atom. The van der Waals surface area contributed by atoms with Crippen LogP contribution in [0.4, 0.5) is 10.5 Å². The number of urea groups is 1. The number of amides is 3. The minimum absolute atomic E-state index is 0.218. The van der Waals surface area contributed by atoms with Gasteiger partial charge >= 0.3 is 6.03 Å². The predicted molar refractivity (Wildman–Crippen MR) is 64.4 cm³/mol. The molecule has 2 rings (SSSR count). The third kappa shape index (κ3) is 2.09. The molecule has 0 bridgehead atoms. The monoisotopic (exact) mass is 282 g/mol. The zero-order valence-electron chi connectivity index (χ0n) is 8.79. The van der Waals surface area contributed by atoms with Crippen LogP contribution in [0.5, 0.6) is 0 Å². The number of anilines is 1. The van der Waals surface area contributed by atoms with Gasteiger partial charge in [-0.15, -0.1) is 0 Å². The summed E-state index contributed by atoms with van der Waals surface area (Å²) < 4.78 is 0.858. The average molecular weight is 283 g/mol. The van der Waals surface area contributed by atoms with E-state index in [0.717, 1.165) is 15.7 Å². The molecule has 1 aromatic rings. The third-order valence-corrected chi connectivity index (χ3v) is 3.08. The lowest BCUT2D eigenvalue weighted by Gasteiger charge is -2.27. The summed E-state index contributed by atoms with van der Waals surface area (Å²) in [5.74, 6) is -0.218. The minimum atomic E-state index is -0.360. The number of rotatable bonds is 1. The Morgan fingerprint density at radius 3 is 2.75 bits per heavy atom. The number of halogens is 1. The Labute approximate surface area is 102 Å². The zero-order chi connectivity index (χ0) is 11.7. The number of imide groups is 1. The number of aryl methyl sites for hydroxylation is 1. The molecule has 0 atom stereocenters. The highest BCUT2D eigenvalue weighted by Gasteiger charge is 2.25. The lowest BCUT2D eigenvalue weighted by Crippen LogP contribution is -2.49. The van der Waals surface area contributed by atoms with Gasteiger partial charge in [0.05, 0.1) is 5.69 Å². The lowest BCUT2D eigenvalue weighted by molar-refractivity contribution is -0.120. The Bertz CT molecular complexity index is 459. The zero-order valence-corrected chi connectivity index (χ0v) is 10.4. The molecule has 1 aliphatic heterocycles. The predicted octanol–water partition coefficient (Wildman–Crippen LogP) is 2.20. The van der Waals surface area contributed by atoms with Crippen molar-refractivity contribution in [2.45, 2.75) is 13.3 Å². The van der Waals surface area contributed by atoms with Gasteiger partial charge in [0, 0.05) is 17.4 Å². The lowest BCUT2D eigenvalue weighted by atomic mass is 10.2. The van der Waals surface area contributed by atoms with Crippen LogP contribution in [0, 0.1) is 6.92 Å². The van der Waals surface area contributed by atoms with Gasteiger partial charge in [-0.2, -0.15) is 0 Å². The maximum Gasteiger partial charge on any atom is 0.328 e. The molecule has 5 heteroatoms. The first-order valence-corrected chi connectivity index (χ1v) is 5.75. The second-order valence-corrected chi connectivity index (χ2v) is 4.56. The standard InChI is InChI=1S/C11H11BrN2O2/c1-7-2-3-9(8(12)6-7)14-5-4-10(15)13-11(14)16/h2-3,6H,4-5H2,1H3,(H,13,15,16). The first-order chi connectivity index (χ1) is 7.58. The molecule has 0 saturated carbocycles. The van der Waals surface area contributed by atoms with Crippen molar-refractivity contribution >= 4 is 33.6 Å². The van der Waals surface area contributed by atoms with E-state index < -0.39 is 0 Å². The van der Waals surface area contributed by atoms with Gasteiger partial charge in [-0.3, -0.25) is 15.0 Å². The van der Waals surface area contributed by atoms with Crippen LogP contribution < -0.4 is 10.2 Å². The largest absolute Gasteiger partial charge is 0.328 e. The van der Waals surface area contributed by atoms with Gasteiger partial charge in [-0.05, 0) is 40.5 Å². The van der Waals surface area contributed by atoms with Gasteiger partial charge in [0.15, 0.2) is 0 Å². The highest BCUT2D eigenvalue weighted by Crippen LogP contribution is 2.28. The van der Waals surface area contributed by atoms with Crippen molar-refractivity contribution < 1.29 is 9.59 Å². The fraction of sp³-hybridized carbons (Fsp3) is 0.273. The molecule has 16 heavy (non-hydrogen) atoms. The van der Waals surface area contributed by atoms with Gasteiger partial charge in [0.2, 0.25) is 5.91 Å². The summed E-state index contributed by atoms with van der Waals surface area (Å²) in [5.41, 5.74) is 1.90. The smallest absolute Gasteiger partial charge is 0.292 e. The molecule has 1 aliphatic rings. The normalized spacial score (nSPS) is 16.2. The van der Waals surface area contributed by atoms with E-state index in [-0.39, 0.29) is 11.9 Å². The minimum Gasteiger partial charge on any atom is -0.292 e. The number of carbonyl (C=O) groups excluding carboxylic acids is 2. The van der Waals surface area contributed by atoms with E-state index in [1.54, 1.807) is 4.90 Å². The molecule has 1 aromatic carbocycles. The van der Waals surface area contributed by atoms with Crippen LogP contribution in [0.1, 0.15) is 12.0 Å². The SMILES string of the molecule is Cc1ccc(N2CCC(=O)NC2=O)c(Br)c1. The first-order valence-electron chi connectivity index (χ1n) is 4.95. The van der Waals surface area contributed by atoms with Crippen LogP contribution >= 0.6 is 15.9 Å². The number of nitrogens with one attached hydrogen (secondary N) is 1. The van der Waals surface area contributed by atoms with Gasteiger partial charge in [0.1, 0.15) is 0 Å². The summed E-state index contributed by atoms with van der Waals surface area (Å²) in [7, 11) is 0. The van der Waals surface area contributed by atoms with Gasteiger partial charge < -0.3 is 0 Å². The summed E-state index contributed by atoms with van der Waals surface area (Å²) in [5, 5.41) is 2.30. The molecule has 1 heterocycles. The fourth-order valence-electron chi connectivity index (χ4n) is 1.62. The third-order valence-electron chi connectivity index (χ3n) is 2.45. The van der Waals surface area contributed by atoms with E-state index in [2.05, 4.69) is 21.2 Å². The van der Waals surface area contributed by atoms with E-state index in [1.165, 1.54) is 0 Å². The van der Waals surface area contributed by atoms with Crippen molar-refractivity contribution in [1.82, 2.24) is 5.32 Å². The number of nitrogens with zero attached hydrogens (tertiary/aromatic N) is 1. The number of hydrogen-bond donors (Lipinski definition) is 1. The van der Waals surface area contributed by atoms with Crippen LogP contribution in [0.15, 0.2) is 22.7 Å². The van der Waals surface area contributed by atoms with Crippen molar-refractivity contribution in [2.75, 3.05) is 11.4 Å². The quantitative estimate of drug-likeness (QED) is 0.859. The summed E-state index contributed by atoms with van der Waals surface area (Å²) in [6.07, 6.45) is 0.339. The summed E-state index contributed by atoms with van der Waals surface area (Å²) in [4.78, 5) is 24.2. The molecular formula is C11H11BrN2O2. The molecule has 0 unspecified atom stereocenters. The van der Waals surface area contributed by atoms with Crippen LogP contribution in [0.3, 0.4) is 0 Å².